The third-order valence-corrected chi connectivity index (χ3v) is 3.48. The molecule has 1 aliphatic rings. The van der Waals surface area contributed by atoms with Gasteiger partial charge in [-0.25, -0.2) is 0 Å². The van der Waals surface area contributed by atoms with Gasteiger partial charge in [-0.1, -0.05) is 43.7 Å². The molecule has 21 heavy (non-hydrogen) atoms. The van der Waals surface area contributed by atoms with Crippen LogP contribution in [0.2, 0.25) is 0 Å². The number of carbonyl (C=O) groups excluding carboxylic acids is 3. The number of hydrogen-bond donors (Lipinski definition) is 2. The summed E-state index contributed by atoms with van der Waals surface area (Å²) in [5.74, 6) is -1.22. The van der Waals surface area contributed by atoms with E-state index in [9.17, 15) is 14.4 Å². The van der Waals surface area contributed by atoms with Crippen LogP contribution in [0.1, 0.15) is 30.1 Å². The Morgan fingerprint density at radius 1 is 1.38 bits per heavy atom. The quantitative estimate of drug-likeness (QED) is 0.601. The number of benzene rings is 1. The van der Waals surface area contributed by atoms with Crippen molar-refractivity contribution in [3.8, 4) is 0 Å². The Morgan fingerprint density at radius 3 is 2.67 bits per heavy atom. The lowest BCUT2D eigenvalue weighted by Crippen LogP contribution is -2.65. The lowest BCUT2D eigenvalue weighted by atomic mass is 9.99. The minimum absolute atomic E-state index is 0.116. The van der Waals surface area contributed by atoms with Crippen LogP contribution in [0, 0.1) is 0 Å². The van der Waals surface area contributed by atoms with E-state index in [1.807, 2.05) is 6.92 Å². The normalized spacial score (nSPS) is 20.1. The van der Waals surface area contributed by atoms with Crippen molar-refractivity contribution in [2.24, 2.45) is 5.73 Å². The first kappa shape index (κ1) is 15.2. The summed E-state index contributed by atoms with van der Waals surface area (Å²) >= 11 is 0. The molecule has 0 radical (unpaired) electrons. The van der Waals surface area contributed by atoms with Gasteiger partial charge in [-0.3, -0.25) is 14.4 Å². The topological polar surface area (TPSA) is 92.5 Å². The molecular weight excluding hydrogens is 270 g/mol. The van der Waals surface area contributed by atoms with Crippen molar-refractivity contribution in [1.82, 2.24) is 10.2 Å². The highest BCUT2D eigenvalue weighted by Gasteiger charge is 2.42. The zero-order valence-corrected chi connectivity index (χ0v) is 11.9. The maximum Gasteiger partial charge on any atom is 0.251 e. The molecule has 1 saturated heterocycles. The third kappa shape index (κ3) is 3.11. The van der Waals surface area contributed by atoms with Gasteiger partial charge in [0.25, 0.3) is 5.91 Å². The lowest BCUT2D eigenvalue weighted by molar-refractivity contribution is -0.146. The number of carbonyl (C=O) groups is 3. The van der Waals surface area contributed by atoms with Gasteiger partial charge < -0.3 is 16.0 Å². The summed E-state index contributed by atoms with van der Waals surface area (Å²) in [7, 11) is 0. The van der Waals surface area contributed by atoms with Crippen LogP contribution in [0.25, 0.3) is 0 Å². The molecule has 1 fully saturated rings. The number of Topliss-reactive ketones (excluding diaryl/α,β-unsaturated/α-hetero) is 1. The Hall–Kier alpha value is -2.21. The largest absolute Gasteiger partial charge is 0.345 e. The second kappa shape index (κ2) is 6.49. The van der Waals surface area contributed by atoms with Crippen LogP contribution in [-0.4, -0.2) is 41.2 Å². The van der Waals surface area contributed by atoms with E-state index in [0.717, 1.165) is 6.42 Å². The van der Waals surface area contributed by atoms with Crippen LogP contribution in [0.15, 0.2) is 30.3 Å². The Balaban J connectivity index is 2.33. The number of ketones is 1. The molecule has 0 bridgehead atoms. The van der Waals surface area contributed by atoms with Gasteiger partial charge in [0, 0.05) is 5.56 Å². The molecule has 0 saturated carbocycles. The average Bonchev–Trinajstić information content (AvgIpc) is 2.49. The summed E-state index contributed by atoms with van der Waals surface area (Å²) < 4.78 is 0. The van der Waals surface area contributed by atoms with Crippen LogP contribution in [0.5, 0.6) is 0 Å². The fourth-order valence-electron chi connectivity index (χ4n) is 2.44. The van der Waals surface area contributed by atoms with E-state index in [2.05, 4.69) is 5.32 Å². The number of amides is 2. The van der Waals surface area contributed by atoms with Crippen LogP contribution in [0.3, 0.4) is 0 Å². The van der Waals surface area contributed by atoms with Gasteiger partial charge in [0.2, 0.25) is 5.91 Å². The molecule has 3 N–H and O–H groups in total. The molecule has 1 aliphatic heterocycles. The van der Waals surface area contributed by atoms with Gasteiger partial charge in [0.1, 0.15) is 0 Å². The predicted molar refractivity (Wildman–Crippen MR) is 77.3 cm³/mol. The molecule has 2 rings (SSSR count). The fourth-order valence-corrected chi connectivity index (χ4v) is 2.44. The lowest BCUT2D eigenvalue weighted by Gasteiger charge is -2.37. The summed E-state index contributed by atoms with van der Waals surface area (Å²) in [5, 5.41) is 2.45. The zero-order chi connectivity index (χ0) is 15.4. The molecule has 2 amide bonds. The molecule has 6 nitrogen and oxygen atoms in total. The van der Waals surface area contributed by atoms with Crippen molar-refractivity contribution in [2.45, 2.75) is 32.0 Å². The van der Waals surface area contributed by atoms with E-state index >= 15 is 0 Å². The molecular formula is C15H19N3O3. The first-order chi connectivity index (χ1) is 10.1. The maximum absolute atomic E-state index is 12.6. The number of piperazine rings is 1. The molecule has 0 aromatic heterocycles. The summed E-state index contributed by atoms with van der Waals surface area (Å²) in [4.78, 5) is 38.0. The monoisotopic (exact) mass is 289 g/mol. The van der Waals surface area contributed by atoms with Crippen molar-refractivity contribution < 1.29 is 14.4 Å². The van der Waals surface area contributed by atoms with E-state index in [1.165, 1.54) is 4.90 Å². The molecule has 1 aromatic rings. The van der Waals surface area contributed by atoms with Gasteiger partial charge in [-0.2, -0.15) is 0 Å². The number of hydrogen-bond acceptors (Lipinski definition) is 4. The highest BCUT2D eigenvalue weighted by atomic mass is 16.2. The number of rotatable bonds is 5. The average molecular weight is 289 g/mol. The molecule has 0 spiro atoms. The summed E-state index contributed by atoms with van der Waals surface area (Å²) in [6.45, 7) is 1.82. The molecule has 1 heterocycles. The van der Waals surface area contributed by atoms with Gasteiger partial charge in [0.15, 0.2) is 11.8 Å². The SMILES string of the molecule is CCCC(N)N1C(=O)CNC(=O)C1C(=O)c1ccccc1. The fraction of sp³-hybridized carbons (Fsp3) is 0.400. The summed E-state index contributed by atoms with van der Waals surface area (Å²) in [6.07, 6.45) is 0.669. The number of nitrogens with two attached hydrogens (primary N) is 1. The van der Waals surface area contributed by atoms with Gasteiger partial charge in [0.05, 0.1) is 12.7 Å². The second-order valence-corrected chi connectivity index (χ2v) is 5.01. The van der Waals surface area contributed by atoms with Crippen molar-refractivity contribution in [2.75, 3.05) is 6.54 Å². The first-order valence-electron chi connectivity index (χ1n) is 7.00. The number of nitrogens with zero attached hydrogens (tertiary/aromatic N) is 1. The molecule has 0 aliphatic carbocycles. The van der Waals surface area contributed by atoms with Crippen molar-refractivity contribution in [1.29, 1.82) is 0 Å². The van der Waals surface area contributed by atoms with Crippen molar-refractivity contribution in [3.05, 3.63) is 35.9 Å². The summed E-state index contributed by atoms with van der Waals surface area (Å²) in [6, 6.07) is 7.27. The minimum atomic E-state index is -1.19. The standard InChI is InChI=1S/C15H19N3O3/c1-2-6-11(16)18-12(19)9-17-15(21)13(18)14(20)10-7-4-3-5-8-10/h3-5,7-8,11,13H,2,6,9,16H2,1H3,(H,17,21). The Labute approximate surface area is 123 Å². The molecule has 2 unspecified atom stereocenters. The van der Waals surface area contributed by atoms with Crippen LogP contribution >= 0.6 is 0 Å². The Kier molecular flexibility index (Phi) is 4.70. The molecule has 6 heteroatoms. The molecule has 2 atom stereocenters. The Morgan fingerprint density at radius 2 is 2.05 bits per heavy atom. The molecule has 1 aromatic carbocycles. The summed E-state index contributed by atoms with van der Waals surface area (Å²) in [5.41, 5.74) is 6.38. The highest BCUT2D eigenvalue weighted by molar-refractivity contribution is 6.16. The first-order valence-corrected chi connectivity index (χ1v) is 7.00. The van der Waals surface area contributed by atoms with E-state index in [4.69, 9.17) is 5.73 Å². The maximum atomic E-state index is 12.6. The van der Waals surface area contributed by atoms with Crippen LogP contribution < -0.4 is 11.1 Å². The third-order valence-electron chi connectivity index (χ3n) is 3.48. The minimum Gasteiger partial charge on any atom is -0.345 e. The van der Waals surface area contributed by atoms with Gasteiger partial charge in [-0.05, 0) is 6.42 Å². The van der Waals surface area contributed by atoms with Crippen LogP contribution in [-0.2, 0) is 9.59 Å². The highest BCUT2D eigenvalue weighted by Crippen LogP contribution is 2.16. The van der Waals surface area contributed by atoms with Crippen molar-refractivity contribution >= 4 is 17.6 Å². The number of nitrogens with one attached hydrogen (secondary N) is 1. The predicted octanol–water partition coefficient (Wildman–Crippen LogP) is 0.281. The van der Waals surface area contributed by atoms with E-state index in [1.54, 1.807) is 30.3 Å². The molecule has 112 valence electrons. The van der Waals surface area contributed by atoms with Crippen molar-refractivity contribution in [3.63, 3.8) is 0 Å². The van der Waals surface area contributed by atoms with E-state index in [-0.39, 0.29) is 12.5 Å². The van der Waals surface area contributed by atoms with Crippen LogP contribution in [0.4, 0.5) is 0 Å². The van der Waals surface area contributed by atoms with Gasteiger partial charge in [-0.15, -0.1) is 0 Å². The second-order valence-electron chi connectivity index (χ2n) is 5.01. The zero-order valence-electron chi connectivity index (χ0n) is 11.9. The Bertz CT molecular complexity index is 544. The van der Waals surface area contributed by atoms with E-state index in [0.29, 0.717) is 12.0 Å². The van der Waals surface area contributed by atoms with Gasteiger partial charge >= 0.3 is 0 Å². The smallest absolute Gasteiger partial charge is 0.251 e. The van der Waals surface area contributed by atoms with E-state index < -0.39 is 23.9 Å².